The summed E-state index contributed by atoms with van der Waals surface area (Å²) in [4.78, 5) is 14.0. The predicted octanol–water partition coefficient (Wildman–Crippen LogP) is 4.57. The number of carbonyl (C=O) groups excluding carboxylic acids is 1. The molecule has 0 saturated heterocycles. The van der Waals surface area contributed by atoms with Crippen molar-refractivity contribution in [3.63, 3.8) is 0 Å². The van der Waals surface area contributed by atoms with E-state index >= 15 is 0 Å². The fraction of sp³-hybridized carbons (Fsp3) is 0.238. The minimum Gasteiger partial charge on any atom is -0.378 e. The van der Waals surface area contributed by atoms with Crippen LogP contribution in [0.15, 0.2) is 41.8 Å². The summed E-state index contributed by atoms with van der Waals surface area (Å²) in [6.07, 6.45) is 1.14. The van der Waals surface area contributed by atoms with Gasteiger partial charge >= 0.3 is 0 Å². The van der Waals surface area contributed by atoms with Crippen molar-refractivity contribution < 1.29 is 9.53 Å². The molecule has 6 nitrogen and oxygen atoms in total. The van der Waals surface area contributed by atoms with Gasteiger partial charge in [0.1, 0.15) is 0 Å². The van der Waals surface area contributed by atoms with Crippen LogP contribution in [0.2, 0.25) is 5.02 Å². The number of benzene rings is 1. The third kappa shape index (κ3) is 3.15. The molecule has 0 spiro atoms. The van der Waals surface area contributed by atoms with Gasteiger partial charge in [-0.3, -0.25) is 4.79 Å². The van der Waals surface area contributed by atoms with E-state index in [2.05, 4.69) is 16.3 Å². The third-order valence-electron chi connectivity index (χ3n) is 5.20. The first-order chi connectivity index (χ1) is 14.2. The van der Waals surface area contributed by atoms with Gasteiger partial charge in [-0.1, -0.05) is 29.8 Å². The summed E-state index contributed by atoms with van der Waals surface area (Å²) in [5.74, 6) is 0.146. The fourth-order valence-electron chi connectivity index (χ4n) is 3.89. The molecule has 0 aliphatic heterocycles. The van der Waals surface area contributed by atoms with Crippen molar-refractivity contribution >= 4 is 34.4 Å². The van der Waals surface area contributed by atoms with Crippen LogP contribution in [0.1, 0.15) is 39.1 Å². The van der Waals surface area contributed by atoms with E-state index in [0.29, 0.717) is 35.8 Å². The van der Waals surface area contributed by atoms with Crippen LogP contribution in [0.25, 0.3) is 16.8 Å². The van der Waals surface area contributed by atoms with E-state index in [1.165, 1.54) is 4.88 Å². The number of hydrogen-bond acceptors (Lipinski definition) is 6. The Morgan fingerprint density at radius 3 is 2.76 bits per heavy atom. The second-order valence-corrected chi connectivity index (χ2v) is 8.45. The molecular formula is C21H17ClN4O2S. The van der Waals surface area contributed by atoms with Gasteiger partial charge in [0, 0.05) is 35.8 Å². The maximum Gasteiger partial charge on any atom is 0.185 e. The first-order valence-corrected chi connectivity index (χ1v) is 10.5. The van der Waals surface area contributed by atoms with Crippen molar-refractivity contribution in [2.75, 3.05) is 7.11 Å². The van der Waals surface area contributed by atoms with Crippen molar-refractivity contribution in [1.29, 1.82) is 0 Å². The van der Waals surface area contributed by atoms with Gasteiger partial charge in [-0.25, -0.2) is 4.52 Å². The van der Waals surface area contributed by atoms with E-state index in [-0.39, 0.29) is 11.7 Å². The molecule has 3 aromatic heterocycles. The van der Waals surface area contributed by atoms with Crippen LogP contribution in [-0.2, 0) is 17.8 Å². The lowest BCUT2D eigenvalue weighted by Crippen LogP contribution is -2.23. The highest BCUT2D eigenvalue weighted by Gasteiger charge is 2.32. The van der Waals surface area contributed by atoms with Gasteiger partial charge in [0.2, 0.25) is 0 Å². The van der Waals surface area contributed by atoms with Crippen LogP contribution in [0, 0.1) is 0 Å². The Labute approximate surface area is 176 Å². The van der Waals surface area contributed by atoms with Crippen LogP contribution in [0.3, 0.4) is 0 Å². The minimum atomic E-state index is 0.0101. The van der Waals surface area contributed by atoms with E-state index in [4.69, 9.17) is 21.4 Å². The monoisotopic (exact) mass is 424 g/mol. The molecule has 1 aliphatic rings. The zero-order valence-electron chi connectivity index (χ0n) is 15.6. The molecule has 5 rings (SSSR count). The van der Waals surface area contributed by atoms with Crippen LogP contribution in [0.4, 0.5) is 0 Å². The summed E-state index contributed by atoms with van der Waals surface area (Å²) in [5, 5.41) is 16.1. The summed E-state index contributed by atoms with van der Waals surface area (Å²) in [6.45, 7) is 0.332. The second-order valence-electron chi connectivity index (χ2n) is 7.04. The molecule has 29 heavy (non-hydrogen) atoms. The summed E-state index contributed by atoms with van der Waals surface area (Å²) >= 11 is 7.73. The van der Waals surface area contributed by atoms with Crippen LogP contribution < -0.4 is 0 Å². The molecule has 0 radical (unpaired) electrons. The van der Waals surface area contributed by atoms with E-state index in [9.17, 15) is 4.79 Å². The topological polar surface area (TPSA) is 69.4 Å². The maximum atomic E-state index is 12.8. The number of methoxy groups -OCH3 is 1. The average molecular weight is 425 g/mol. The lowest BCUT2D eigenvalue weighted by Gasteiger charge is -2.21. The standard InChI is InChI=1S/C21H17ClN4O2S/c1-28-11-15-19(12-4-6-14(22)7-5-12)21-24-23-20-16(26(21)25-15)9-13(10-17(20)27)18-3-2-8-29-18/h2-8,13H,9-11H2,1H3/t13-/m1/s1. The molecule has 0 saturated carbocycles. The second kappa shape index (κ2) is 7.33. The smallest absolute Gasteiger partial charge is 0.185 e. The molecule has 0 bridgehead atoms. The summed E-state index contributed by atoms with van der Waals surface area (Å²) < 4.78 is 7.15. The highest BCUT2D eigenvalue weighted by Crippen LogP contribution is 2.36. The van der Waals surface area contributed by atoms with E-state index in [0.717, 1.165) is 22.5 Å². The molecule has 0 unspecified atom stereocenters. The highest BCUT2D eigenvalue weighted by atomic mass is 35.5. The Bertz CT molecular complexity index is 1200. The van der Waals surface area contributed by atoms with E-state index in [1.54, 1.807) is 23.0 Å². The van der Waals surface area contributed by atoms with Crippen molar-refractivity contribution in [2.45, 2.75) is 25.4 Å². The summed E-state index contributed by atoms with van der Waals surface area (Å²) in [5.41, 5.74) is 4.38. The fourth-order valence-corrected chi connectivity index (χ4v) is 4.85. The number of halogens is 1. The van der Waals surface area contributed by atoms with Crippen LogP contribution in [-0.4, -0.2) is 32.7 Å². The number of carbonyl (C=O) groups is 1. The van der Waals surface area contributed by atoms with Gasteiger partial charge < -0.3 is 4.74 Å². The normalized spacial score (nSPS) is 16.3. The van der Waals surface area contributed by atoms with Gasteiger partial charge in [-0.2, -0.15) is 5.10 Å². The Kier molecular flexibility index (Phi) is 4.66. The molecule has 1 aliphatic carbocycles. The molecule has 1 atom stereocenters. The predicted molar refractivity (Wildman–Crippen MR) is 112 cm³/mol. The Balaban J connectivity index is 1.70. The molecule has 0 N–H and O–H groups in total. The first kappa shape index (κ1) is 18.4. The SMILES string of the molecule is COCc1nn2c3c(nnc2c1-c1ccc(Cl)cc1)C(=O)C[C@H](c1cccs1)C3. The highest BCUT2D eigenvalue weighted by molar-refractivity contribution is 7.10. The van der Waals surface area contributed by atoms with E-state index in [1.807, 2.05) is 35.7 Å². The van der Waals surface area contributed by atoms with Gasteiger partial charge in [0.05, 0.1) is 23.6 Å². The van der Waals surface area contributed by atoms with Gasteiger partial charge in [-0.05, 0) is 29.1 Å². The molecule has 4 aromatic rings. The molecular weight excluding hydrogens is 408 g/mol. The zero-order valence-corrected chi connectivity index (χ0v) is 17.2. The van der Waals surface area contributed by atoms with Gasteiger partial charge in [-0.15, -0.1) is 21.5 Å². The van der Waals surface area contributed by atoms with Gasteiger partial charge in [0.15, 0.2) is 17.1 Å². The van der Waals surface area contributed by atoms with E-state index < -0.39 is 0 Å². The molecule has 8 heteroatoms. The number of ether oxygens (including phenoxy) is 1. The lowest BCUT2D eigenvalue weighted by atomic mass is 9.87. The number of thiophene rings is 1. The van der Waals surface area contributed by atoms with Crippen molar-refractivity contribution in [3.05, 3.63) is 68.8 Å². The maximum absolute atomic E-state index is 12.8. The molecule has 146 valence electrons. The zero-order chi connectivity index (χ0) is 20.0. The number of rotatable bonds is 4. The summed E-state index contributed by atoms with van der Waals surface area (Å²) in [7, 11) is 1.63. The Morgan fingerprint density at radius 2 is 2.03 bits per heavy atom. The molecule has 1 aromatic carbocycles. The number of nitrogens with zero attached hydrogens (tertiary/aromatic N) is 4. The number of ketones is 1. The van der Waals surface area contributed by atoms with Gasteiger partial charge in [0.25, 0.3) is 0 Å². The van der Waals surface area contributed by atoms with Crippen LogP contribution >= 0.6 is 22.9 Å². The molecule has 0 amide bonds. The summed E-state index contributed by atoms with van der Waals surface area (Å²) in [6, 6.07) is 11.6. The van der Waals surface area contributed by atoms with Crippen LogP contribution in [0.5, 0.6) is 0 Å². The van der Waals surface area contributed by atoms with Crippen molar-refractivity contribution in [3.8, 4) is 11.1 Å². The largest absolute Gasteiger partial charge is 0.378 e. The third-order valence-corrected chi connectivity index (χ3v) is 6.49. The number of Topliss-reactive ketones (excluding diaryl/α,β-unsaturated/α-hetero) is 1. The minimum absolute atomic E-state index is 0.0101. The quantitative estimate of drug-likeness (QED) is 0.480. The number of aromatic nitrogens is 4. The first-order valence-electron chi connectivity index (χ1n) is 9.24. The number of fused-ring (bicyclic) bond motifs is 3. The molecule has 3 heterocycles. The lowest BCUT2D eigenvalue weighted by molar-refractivity contribution is 0.0956. The molecule has 0 fully saturated rings. The number of hydrogen-bond donors (Lipinski definition) is 0. The average Bonchev–Trinajstić information content (AvgIpc) is 3.37. The Morgan fingerprint density at radius 1 is 1.21 bits per heavy atom. The van der Waals surface area contributed by atoms with Crippen molar-refractivity contribution in [2.24, 2.45) is 0 Å². The Hall–Kier alpha value is -2.61. The van der Waals surface area contributed by atoms with Crippen molar-refractivity contribution in [1.82, 2.24) is 19.8 Å².